The second kappa shape index (κ2) is 8.50. The molecule has 0 amide bonds. The monoisotopic (exact) mass is 184 g/mol. The summed E-state index contributed by atoms with van der Waals surface area (Å²) in [5, 5.41) is 16.8. The average molecular weight is 186 g/mol. The van der Waals surface area contributed by atoms with Crippen molar-refractivity contribution in [2.75, 3.05) is 19.8 Å². The topological polar surface area (TPSA) is 49.7 Å². The summed E-state index contributed by atoms with van der Waals surface area (Å²) in [5.74, 6) is 0. The molecular weight excluding hydrogens is 173 g/mol. The average Bonchev–Trinajstić information content (AvgIpc) is 1.83. The fraction of sp³-hybridized carbons (Fsp3) is 1.00. The summed E-state index contributed by atoms with van der Waals surface area (Å²) >= 11 is 0. The molecule has 0 aliphatic rings. The second-order valence-electron chi connectivity index (χ2n) is 1.50. The maximum Gasteiger partial charge on any atom is 0.100 e. The fourth-order valence-electron chi connectivity index (χ4n) is 0.307. The summed E-state index contributed by atoms with van der Waals surface area (Å²) in [7, 11) is 0. The Bertz CT molecular complexity index is 51.5. The molecule has 0 heterocycles. The van der Waals surface area contributed by atoms with Crippen LogP contribution in [0.1, 0.15) is 6.92 Å². The fourth-order valence-corrected chi connectivity index (χ4v) is 0.307. The van der Waals surface area contributed by atoms with Crippen molar-refractivity contribution in [1.29, 1.82) is 0 Å². The summed E-state index contributed by atoms with van der Waals surface area (Å²) in [4.78, 5) is 0. The van der Waals surface area contributed by atoms with Gasteiger partial charge >= 0.3 is 0 Å². The molecule has 0 radical (unpaired) electrons. The first-order chi connectivity index (χ1) is 3.81. The van der Waals surface area contributed by atoms with Gasteiger partial charge in [0.15, 0.2) is 0 Å². The smallest absolute Gasteiger partial charge is 0.100 e. The molecule has 0 saturated carbocycles. The molecule has 0 aromatic rings. The number of aliphatic hydroxyl groups excluding tert-OH is 2. The van der Waals surface area contributed by atoms with E-state index in [4.69, 9.17) is 14.9 Å². The third-order valence-corrected chi connectivity index (χ3v) is 0.725. The molecule has 4 heteroatoms. The molecule has 0 fully saturated rings. The van der Waals surface area contributed by atoms with Gasteiger partial charge in [-0.05, 0) is 6.92 Å². The quantitative estimate of drug-likeness (QED) is 0.574. The third-order valence-electron chi connectivity index (χ3n) is 0.725. The number of hydrogen-bond donors (Lipinski definition) is 2. The van der Waals surface area contributed by atoms with Crippen molar-refractivity contribution < 1.29 is 34.4 Å². The summed E-state index contributed by atoms with van der Waals surface area (Å²) in [6, 6.07) is 0. The zero-order valence-electron chi connectivity index (χ0n) is 5.71. The first-order valence-electron chi connectivity index (χ1n) is 2.68. The van der Waals surface area contributed by atoms with E-state index in [0.29, 0.717) is 6.61 Å². The first-order valence-corrected chi connectivity index (χ1v) is 2.68. The normalized spacial score (nSPS) is 12.3. The zero-order chi connectivity index (χ0) is 6.41. The SMILES string of the molecule is CCOCC(O)CO.[Zn]. The second-order valence-corrected chi connectivity index (χ2v) is 1.50. The molecule has 52 valence electrons. The van der Waals surface area contributed by atoms with E-state index in [1.165, 1.54) is 0 Å². The molecule has 0 saturated heterocycles. The minimum absolute atomic E-state index is 0. The minimum Gasteiger partial charge on any atom is -0.394 e. The molecule has 0 aromatic heterocycles. The van der Waals surface area contributed by atoms with Crippen molar-refractivity contribution in [3.05, 3.63) is 0 Å². The molecule has 0 aliphatic heterocycles. The Kier molecular flexibility index (Phi) is 11.5. The molecule has 3 nitrogen and oxygen atoms in total. The van der Waals surface area contributed by atoms with Crippen LogP contribution in [0.15, 0.2) is 0 Å². The Balaban J connectivity index is 0. The van der Waals surface area contributed by atoms with Crippen LogP contribution >= 0.6 is 0 Å². The van der Waals surface area contributed by atoms with Gasteiger partial charge in [0, 0.05) is 26.1 Å². The van der Waals surface area contributed by atoms with Crippen molar-refractivity contribution in [3.8, 4) is 0 Å². The Labute approximate surface area is 67.8 Å². The van der Waals surface area contributed by atoms with E-state index < -0.39 is 6.10 Å². The summed E-state index contributed by atoms with van der Waals surface area (Å²) in [5.41, 5.74) is 0. The van der Waals surface area contributed by atoms with Gasteiger partial charge in [0.05, 0.1) is 13.2 Å². The number of ether oxygens (including phenoxy) is 1. The number of rotatable bonds is 4. The molecule has 9 heavy (non-hydrogen) atoms. The van der Waals surface area contributed by atoms with Crippen molar-refractivity contribution in [1.82, 2.24) is 0 Å². The van der Waals surface area contributed by atoms with Gasteiger partial charge in [-0.25, -0.2) is 0 Å². The Morgan fingerprint density at radius 1 is 1.56 bits per heavy atom. The van der Waals surface area contributed by atoms with E-state index in [-0.39, 0.29) is 32.7 Å². The Morgan fingerprint density at radius 2 is 2.11 bits per heavy atom. The van der Waals surface area contributed by atoms with Gasteiger partial charge in [-0.15, -0.1) is 0 Å². The van der Waals surface area contributed by atoms with Crippen LogP contribution in [0.25, 0.3) is 0 Å². The maximum absolute atomic E-state index is 8.61. The van der Waals surface area contributed by atoms with Crippen LogP contribution in [-0.4, -0.2) is 36.1 Å². The van der Waals surface area contributed by atoms with Gasteiger partial charge in [-0.3, -0.25) is 0 Å². The Morgan fingerprint density at radius 3 is 2.44 bits per heavy atom. The molecule has 0 aliphatic carbocycles. The van der Waals surface area contributed by atoms with E-state index >= 15 is 0 Å². The standard InChI is InChI=1S/C5H12O3.Zn/c1-2-8-4-5(7)3-6;/h5-7H,2-4H2,1H3;. The molecule has 0 spiro atoms. The van der Waals surface area contributed by atoms with Crippen molar-refractivity contribution >= 4 is 0 Å². The molecule has 1 unspecified atom stereocenters. The molecule has 2 N–H and O–H groups in total. The third kappa shape index (κ3) is 8.50. The van der Waals surface area contributed by atoms with Crippen LogP contribution in [0.5, 0.6) is 0 Å². The van der Waals surface area contributed by atoms with E-state index in [1.807, 2.05) is 6.92 Å². The molecular formula is C5H12O3Zn. The largest absolute Gasteiger partial charge is 0.394 e. The van der Waals surface area contributed by atoms with E-state index in [9.17, 15) is 0 Å². The number of aliphatic hydroxyl groups is 2. The van der Waals surface area contributed by atoms with Crippen LogP contribution < -0.4 is 0 Å². The molecule has 0 bridgehead atoms. The Hall–Kier alpha value is 0.503. The van der Waals surface area contributed by atoms with Gasteiger partial charge in [-0.1, -0.05) is 0 Å². The summed E-state index contributed by atoms with van der Waals surface area (Å²) < 4.78 is 4.78. The van der Waals surface area contributed by atoms with Crippen molar-refractivity contribution in [3.63, 3.8) is 0 Å². The van der Waals surface area contributed by atoms with Gasteiger partial charge in [0.2, 0.25) is 0 Å². The van der Waals surface area contributed by atoms with Crippen LogP contribution in [0, 0.1) is 0 Å². The zero-order valence-corrected chi connectivity index (χ0v) is 8.68. The van der Waals surface area contributed by atoms with Gasteiger partial charge in [0.25, 0.3) is 0 Å². The van der Waals surface area contributed by atoms with Crippen molar-refractivity contribution in [2.24, 2.45) is 0 Å². The molecule has 0 aromatic carbocycles. The molecule has 0 rings (SSSR count). The summed E-state index contributed by atoms with van der Waals surface area (Å²) in [6.45, 7) is 2.42. The van der Waals surface area contributed by atoms with E-state index in [2.05, 4.69) is 0 Å². The predicted octanol–water partition coefficient (Wildman–Crippen LogP) is -0.626. The van der Waals surface area contributed by atoms with Crippen LogP contribution in [-0.2, 0) is 24.2 Å². The van der Waals surface area contributed by atoms with Gasteiger partial charge in [-0.2, -0.15) is 0 Å². The minimum atomic E-state index is -0.713. The predicted molar refractivity (Wildman–Crippen MR) is 29.6 cm³/mol. The van der Waals surface area contributed by atoms with Gasteiger partial charge in [0.1, 0.15) is 6.10 Å². The number of hydrogen-bond acceptors (Lipinski definition) is 3. The van der Waals surface area contributed by atoms with Crippen molar-refractivity contribution in [2.45, 2.75) is 13.0 Å². The van der Waals surface area contributed by atoms with E-state index in [0.717, 1.165) is 0 Å². The summed E-state index contributed by atoms with van der Waals surface area (Å²) in [6.07, 6.45) is -0.713. The van der Waals surface area contributed by atoms with Crippen LogP contribution in [0.4, 0.5) is 0 Å². The molecule has 1 atom stereocenters. The van der Waals surface area contributed by atoms with E-state index in [1.54, 1.807) is 0 Å². The van der Waals surface area contributed by atoms with Crippen LogP contribution in [0.3, 0.4) is 0 Å². The van der Waals surface area contributed by atoms with Crippen LogP contribution in [0.2, 0.25) is 0 Å². The van der Waals surface area contributed by atoms with Gasteiger partial charge < -0.3 is 14.9 Å². The maximum atomic E-state index is 8.61. The first kappa shape index (κ1) is 12.2.